The molecule has 0 saturated carbocycles. The maximum absolute atomic E-state index is 9.58. The van der Waals surface area contributed by atoms with Crippen molar-refractivity contribution in [1.29, 1.82) is 0 Å². The molecule has 1 unspecified atom stereocenters. The summed E-state index contributed by atoms with van der Waals surface area (Å²) in [6, 6.07) is 5.74. The van der Waals surface area contributed by atoms with Gasteiger partial charge in [0.05, 0.1) is 6.10 Å². The van der Waals surface area contributed by atoms with Crippen LogP contribution in [0.25, 0.3) is 5.57 Å². The highest BCUT2D eigenvalue weighted by Crippen LogP contribution is 2.23. The summed E-state index contributed by atoms with van der Waals surface area (Å²) in [4.78, 5) is 0. The fraction of sp³-hybridized carbons (Fsp3) is 0.273. The zero-order chi connectivity index (χ0) is 10.7. The van der Waals surface area contributed by atoms with E-state index >= 15 is 0 Å². The summed E-state index contributed by atoms with van der Waals surface area (Å²) in [5, 5.41) is 9.58. The molecule has 1 aromatic carbocycles. The minimum atomic E-state index is -0.606. The van der Waals surface area contributed by atoms with E-state index in [9.17, 15) is 5.11 Å². The van der Waals surface area contributed by atoms with Gasteiger partial charge in [0.15, 0.2) is 0 Å². The molecule has 76 valence electrons. The molecule has 0 aliphatic carbocycles. The third kappa shape index (κ3) is 2.67. The van der Waals surface area contributed by atoms with E-state index in [1.807, 2.05) is 25.1 Å². The van der Waals surface area contributed by atoms with Gasteiger partial charge < -0.3 is 10.8 Å². The second kappa shape index (κ2) is 4.73. The van der Waals surface area contributed by atoms with Crippen LogP contribution in [0.4, 0.5) is 0 Å². The normalized spacial score (nSPS) is 12.6. The molecule has 0 aliphatic heterocycles. The monoisotopic (exact) mass is 255 g/mol. The van der Waals surface area contributed by atoms with Crippen LogP contribution in [-0.4, -0.2) is 11.7 Å². The summed E-state index contributed by atoms with van der Waals surface area (Å²) in [5.74, 6) is 0. The summed E-state index contributed by atoms with van der Waals surface area (Å²) in [6.07, 6.45) is -0.606. The lowest BCUT2D eigenvalue weighted by molar-refractivity contribution is 0.186. The number of halogens is 1. The molecule has 1 atom stereocenters. The molecule has 0 saturated heterocycles. The lowest BCUT2D eigenvalue weighted by Crippen LogP contribution is -2.11. The van der Waals surface area contributed by atoms with Gasteiger partial charge in [0.2, 0.25) is 0 Å². The Kier molecular flexibility index (Phi) is 3.86. The van der Waals surface area contributed by atoms with E-state index in [2.05, 4.69) is 22.5 Å². The van der Waals surface area contributed by atoms with Crippen LogP contribution in [0.1, 0.15) is 24.2 Å². The van der Waals surface area contributed by atoms with Gasteiger partial charge in [-0.15, -0.1) is 0 Å². The SMILES string of the molecule is C=C(C)c1cc(Br)cc(C(O)CN)c1. The predicted molar refractivity (Wildman–Crippen MR) is 62.9 cm³/mol. The summed E-state index contributed by atoms with van der Waals surface area (Å²) in [5.41, 5.74) is 8.20. The number of benzene rings is 1. The number of hydrogen-bond acceptors (Lipinski definition) is 2. The van der Waals surface area contributed by atoms with E-state index in [1.54, 1.807) is 0 Å². The van der Waals surface area contributed by atoms with Crippen LogP contribution in [0.3, 0.4) is 0 Å². The quantitative estimate of drug-likeness (QED) is 0.872. The zero-order valence-electron chi connectivity index (χ0n) is 8.13. The van der Waals surface area contributed by atoms with Crippen LogP contribution in [0, 0.1) is 0 Å². The molecule has 0 aliphatic rings. The van der Waals surface area contributed by atoms with Gasteiger partial charge in [-0.3, -0.25) is 0 Å². The second-order valence-electron chi connectivity index (χ2n) is 3.31. The highest BCUT2D eigenvalue weighted by Gasteiger charge is 2.07. The van der Waals surface area contributed by atoms with Crippen molar-refractivity contribution in [3.05, 3.63) is 40.4 Å². The minimum Gasteiger partial charge on any atom is -0.387 e. The van der Waals surface area contributed by atoms with Crippen molar-refractivity contribution in [1.82, 2.24) is 0 Å². The molecule has 2 nitrogen and oxygen atoms in total. The molecular formula is C11H14BrNO. The van der Waals surface area contributed by atoms with Crippen molar-refractivity contribution in [2.24, 2.45) is 5.73 Å². The van der Waals surface area contributed by atoms with E-state index in [1.165, 1.54) is 0 Å². The Morgan fingerprint density at radius 3 is 2.71 bits per heavy atom. The minimum absolute atomic E-state index is 0.228. The molecule has 3 N–H and O–H groups in total. The van der Waals surface area contributed by atoms with Crippen molar-refractivity contribution in [3.8, 4) is 0 Å². The van der Waals surface area contributed by atoms with Crippen molar-refractivity contribution in [2.75, 3.05) is 6.54 Å². The van der Waals surface area contributed by atoms with Gasteiger partial charge in [-0.05, 0) is 36.2 Å². The van der Waals surface area contributed by atoms with E-state index in [4.69, 9.17) is 5.73 Å². The lowest BCUT2D eigenvalue weighted by atomic mass is 10.0. The summed E-state index contributed by atoms with van der Waals surface area (Å²) < 4.78 is 0.931. The van der Waals surface area contributed by atoms with Crippen molar-refractivity contribution in [3.63, 3.8) is 0 Å². The molecule has 0 radical (unpaired) electrons. The fourth-order valence-corrected chi connectivity index (χ4v) is 1.70. The molecule has 0 aromatic heterocycles. The number of hydrogen-bond donors (Lipinski definition) is 2. The van der Waals surface area contributed by atoms with Gasteiger partial charge in [0, 0.05) is 11.0 Å². The highest BCUT2D eigenvalue weighted by molar-refractivity contribution is 9.10. The first-order chi connectivity index (χ1) is 6.54. The number of aliphatic hydroxyl groups is 1. The van der Waals surface area contributed by atoms with Gasteiger partial charge in [-0.1, -0.05) is 28.1 Å². The summed E-state index contributed by atoms with van der Waals surface area (Å²) >= 11 is 3.39. The summed E-state index contributed by atoms with van der Waals surface area (Å²) in [6.45, 7) is 6.02. The van der Waals surface area contributed by atoms with Gasteiger partial charge >= 0.3 is 0 Å². The Morgan fingerprint density at radius 2 is 2.21 bits per heavy atom. The average molecular weight is 256 g/mol. The standard InChI is InChI=1S/C11H14BrNO/c1-7(2)8-3-9(11(14)6-13)5-10(12)4-8/h3-5,11,14H,1,6,13H2,2H3. The largest absolute Gasteiger partial charge is 0.387 e. The van der Waals surface area contributed by atoms with Gasteiger partial charge in [0.1, 0.15) is 0 Å². The van der Waals surface area contributed by atoms with Crippen LogP contribution in [0.5, 0.6) is 0 Å². The lowest BCUT2D eigenvalue weighted by Gasteiger charge is -2.11. The van der Waals surface area contributed by atoms with Crippen LogP contribution < -0.4 is 5.73 Å². The predicted octanol–water partition coefficient (Wildman–Crippen LogP) is 2.47. The first-order valence-corrected chi connectivity index (χ1v) is 5.18. The Morgan fingerprint density at radius 1 is 1.57 bits per heavy atom. The number of allylic oxidation sites excluding steroid dienone is 1. The molecule has 1 aromatic rings. The molecule has 0 amide bonds. The zero-order valence-corrected chi connectivity index (χ0v) is 9.71. The van der Waals surface area contributed by atoms with Crippen LogP contribution in [-0.2, 0) is 0 Å². The third-order valence-electron chi connectivity index (χ3n) is 2.02. The molecule has 3 heteroatoms. The van der Waals surface area contributed by atoms with E-state index < -0.39 is 6.10 Å². The Bertz CT molecular complexity index is 349. The number of rotatable bonds is 3. The van der Waals surface area contributed by atoms with Gasteiger partial charge in [-0.25, -0.2) is 0 Å². The fourth-order valence-electron chi connectivity index (χ4n) is 1.19. The topological polar surface area (TPSA) is 46.2 Å². The molecule has 0 spiro atoms. The first kappa shape index (κ1) is 11.4. The van der Waals surface area contributed by atoms with Crippen molar-refractivity contribution < 1.29 is 5.11 Å². The van der Waals surface area contributed by atoms with E-state index in [0.717, 1.165) is 21.2 Å². The van der Waals surface area contributed by atoms with Crippen LogP contribution >= 0.6 is 15.9 Å². The molecule has 1 rings (SSSR count). The van der Waals surface area contributed by atoms with E-state index in [-0.39, 0.29) is 6.54 Å². The van der Waals surface area contributed by atoms with Crippen molar-refractivity contribution in [2.45, 2.75) is 13.0 Å². The Labute approximate surface area is 92.6 Å². The van der Waals surface area contributed by atoms with E-state index in [0.29, 0.717) is 0 Å². The molecule has 0 bridgehead atoms. The number of nitrogens with two attached hydrogens (primary N) is 1. The average Bonchev–Trinajstić information content (AvgIpc) is 2.15. The maximum Gasteiger partial charge on any atom is 0.0912 e. The Hall–Kier alpha value is -0.640. The third-order valence-corrected chi connectivity index (χ3v) is 2.48. The van der Waals surface area contributed by atoms with Crippen molar-refractivity contribution >= 4 is 21.5 Å². The molecule has 0 heterocycles. The molecule has 14 heavy (non-hydrogen) atoms. The molecular weight excluding hydrogens is 242 g/mol. The Balaban J connectivity index is 3.13. The maximum atomic E-state index is 9.58. The van der Waals surface area contributed by atoms with Gasteiger partial charge in [-0.2, -0.15) is 0 Å². The van der Waals surface area contributed by atoms with Crippen LogP contribution in [0.15, 0.2) is 29.3 Å². The summed E-state index contributed by atoms with van der Waals surface area (Å²) in [7, 11) is 0. The van der Waals surface area contributed by atoms with Gasteiger partial charge in [0.25, 0.3) is 0 Å². The smallest absolute Gasteiger partial charge is 0.0912 e. The molecule has 0 fully saturated rings. The second-order valence-corrected chi connectivity index (χ2v) is 4.22. The highest BCUT2D eigenvalue weighted by atomic mass is 79.9. The number of aliphatic hydroxyl groups excluding tert-OH is 1. The van der Waals surface area contributed by atoms with Crippen LogP contribution in [0.2, 0.25) is 0 Å². The first-order valence-electron chi connectivity index (χ1n) is 4.39.